The van der Waals surface area contributed by atoms with Gasteiger partial charge in [-0.3, -0.25) is 14.3 Å². The Bertz CT molecular complexity index is 821. The van der Waals surface area contributed by atoms with Crippen LogP contribution in [0.2, 0.25) is 0 Å². The molecule has 2 rings (SSSR count). The number of fused-ring (bicyclic) bond motifs is 1. The molecular formula is C9H13N8O5P. The second kappa shape index (κ2) is 7.22. The number of rotatable bonds is 8. The molecule has 0 aliphatic rings. The molecule has 1 atom stereocenters. The maximum Gasteiger partial charge on any atom is 0.350 e. The van der Waals surface area contributed by atoms with Gasteiger partial charge < -0.3 is 24.8 Å². The number of aromatic nitrogens is 4. The lowest BCUT2D eigenvalue weighted by Crippen LogP contribution is -2.28. The first-order chi connectivity index (χ1) is 10.9. The van der Waals surface area contributed by atoms with Gasteiger partial charge in [-0.15, -0.1) is 0 Å². The van der Waals surface area contributed by atoms with E-state index in [0.29, 0.717) is 0 Å². The number of hydrogen-bond acceptors (Lipinski definition) is 7. The van der Waals surface area contributed by atoms with Crippen molar-refractivity contribution in [1.82, 2.24) is 19.9 Å². The van der Waals surface area contributed by atoms with Crippen LogP contribution < -0.4 is 10.9 Å². The Morgan fingerprint density at radius 3 is 3.04 bits per heavy atom. The molecule has 0 unspecified atom stereocenters. The Balaban J connectivity index is 2.04. The second-order valence-electron chi connectivity index (χ2n) is 4.39. The van der Waals surface area contributed by atoms with Crippen LogP contribution in [0.1, 0.15) is 0 Å². The number of imidazole rings is 1. The summed E-state index contributed by atoms with van der Waals surface area (Å²) in [5.41, 5.74) is 8.31. The third-order valence-electron chi connectivity index (χ3n) is 2.62. The molecule has 124 valence electrons. The summed E-state index contributed by atoms with van der Waals surface area (Å²) in [7, 11) is -4.35. The predicted molar refractivity (Wildman–Crippen MR) is 78.8 cm³/mol. The Kier molecular flexibility index (Phi) is 5.32. The number of aromatic amines is 2. The van der Waals surface area contributed by atoms with Gasteiger partial charge in [0.05, 0.1) is 19.0 Å². The minimum Gasteiger partial charge on any atom is -0.364 e. The molecule has 0 saturated heterocycles. The molecule has 0 spiro atoms. The van der Waals surface area contributed by atoms with Crippen molar-refractivity contribution in [3.63, 3.8) is 0 Å². The van der Waals surface area contributed by atoms with E-state index in [1.54, 1.807) is 0 Å². The van der Waals surface area contributed by atoms with Crippen molar-refractivity contribution >= 4 is 24.7 Å². The zero-order valence-electron chi connectivity index (χ0n) is 11.6. The zero-order valence-corrected chi connectivity index (χ0v) is 12.5. The average Bonchev–Trinajstić information content (AvgIpc) is 2.94. The van der Waals surface area contributed by atoms with Gasteiger partial charge in [0.15, 0.2) is 11.2 Å². The van der Waals surface area contributed by atoms with Crippen molar-refractivity contribution < 1.29 is 19.1 Å². The molecule has 2 aromatic rings. The van der Waals surface area contributed by atoms with Crippen LogP contribution in [0, 0.1) is 0 Å². The molecule has 0 amide bonds. The minimum absolute atomic E-state index is 0.00209. The third-order valence-corrected chi connectivity index (χ3v) is 3.11. The Morgan fingerprint density at radius 1 is 1.57 bits per heavy atom. The number of anilines is 1. The first kappa shape index (κ1) is 16.9. The fourth-order valence-corrected chi connectivity index (χ4v) is 2.05. The van der Waals surface area contributed by atoms with E-state index in [1.165, 1.54) is 6.33 Å². The second-order valence-corrected chi connectivity index (χ2v) is 5.98. The molecule has 0 bridgehead atoms. The van der Waals surface area contributed by atoms with Gasteiger partial charge >= 0.3 is 7.60 Å². The standard InChI is InChI=1S/C9H13N8O5P/c10-17-14-2-5(22-4-23(19,20)21)1-11-9-15-7-6(8(18)16-9)12-3-13-7/h3,5H,1-2,4H2,(H2,19,20,21)(H3,11,12,13,15,16,18)/t5-/m1/s1. The first-order valence-corrected chi connectivity index (χ1v) is 8.03. The van der Waals surface area contributed by atoms with Gasteiger partial charge in [-0.05, 0) is 5.53 Å². The van der Waals surface area contributed by atoms with E-state index < -0.39 is 25.6 Å². The van der Waals surface area contributed by atoms with Crippen LogP contribution in [-0.2, 0) is 9.30 Å². The molecule has 14 heteroatoms. The molecule has 2 aromatic heterocycles. The predicted octanol–water partition coefficient (Wildman–Crippen LogP) is -0.111. The molecule has 0 aliphatic heterocycles. The van der Waals surface area contributed by atoms with Crippen LogP contribution >= 0.6 is 7.60 Å². The van der Waals surface area contributed by atoms with Crippen molar-refractivity contribution in [1.29, 1.82) is 0 Å². The number of nitrogens with zero attached hydrogens (tertiary/aromatic N) is 5. The molecule has 5 N–H and O–H groups in total. The lowest BCUT2D eigenvalue weighted by Gasteiger charge is -2.17. The molecule has 2 heterocycles. The quantitative estimate of drug-likeness (QED) is 0.189. The van der Waals surface area contributed by atoms with Crippen LogP contribution in [0.4, 0.5) is 5.95 Å². The van der Waals surface area contributed by atoms with Crippen molar-refractivity contribution in [3.05, 3.63) is 27.1 Å². The van der Waals surface area contributed by atoms with Crippen LogP contribution in [0.25, 0.3) is 21.6 Å². The third kappa shape index (κ3) is 5.06. The van der Waals surface area contributed by atoms with Gasteiger partial charge in [-0.2, -0.15) is 4.98 Å². The van der Waals surface area contributed by atoms with E-state index in [4.69, 9.17) is 20.1 Å². The molecule has 0 aliphatic carbocycles. The van der Waals surface area contributed by atoms with Crippen molar-refractivity contribution in [3.8, 4) is 0 Å². The fourth-order valence-electron chi connectivity index (χ4n) is 1.64. The average molecular weight is 344 g/mol. The lowest BCUT2D eigenvalue weighted by atomic mass is 10.3. The maximum atomic E-state index is 11.7. The summed E-state index contributed by atoms with van der Waals surface area (Å²) in [6, 6.07) is 0. The van der Waals surface area contributed by atoms with Crippen LogP contribution in [-0.4, -0.2) is 55.3 Å². The summed E-state index contributed by atoms with van der Waals surface area (Å²) < 4.78 is 15.8. The van der Waals surface area contributed by atoms with Gasteiger partial charge in [-0.25, -0.2) is 4.98 Å². The van der Waals surface area contributed by atoms with Gasteiger partial charge in [0, 0.05) is 11.5 Å². The van der Waals surface area contributed by atoms with Gasteiger partial charge in [0.25, 0.3) is 5.56 Å². The van der Waals surface area contributed by atoms with E-state index in [-0.39, 0.29) is 30.2 Å². The minimum atomic E-state index is -4.35. The number of nitrogens with one attached hydrogen (secondary N) is 3. The summed E-state index contributed by atoms with van der Waals surface area (Å²) in [5.74, 6) is 0.0975. The first-order valence-electron chi connectivity index (χ1n) is 6.23. The Labute approximate surface area is 127 Å². The highest BCUT2D eigenvalue weighted by atomic mass is 31.2. The molecule has 0 radical (unpaired) electrons. The van der Waals surface area contributed by atoms with E-state index in [2.05, 4.69) is 35.3 Å². The van der Waals surface area contributed by atoms with Crippen LogP contribution in [0.5, 0.6) is 0 Å². The van der Waals surface area contributed by atoms with E-state index >= 15 is 0 Å². The summed E-state index contributed by atoms with van der Waals surface area (Å²) in [5, 5.41) is 6.03. The van der Waals surface area contributed by atoms with Crippen LogP contribution in [0.15, 0.2) is 16.2 Å². The smallest absolute Gasteiger partial charge is 0.350 e. The number of ether oxygens (including phenoxy) is 1. The summed E-state index contributed by atoms with van der Waals surface area (Å²) in [4.78, 5) is 44.9. The SMILES string of the molecule is [N-]=[N+]=NC[C@@H](CNc1nc2nc[nH]c2c(=O)[nH]1)OCP(=O)(O)O. The van der Waals surface area contributed by atoms with Crippen molar-refractivity contribution in [2.75, 3.05) is 24.8 Å². The highest BCUT2D eigenvalue weighted by Crippen LogP contribution is 2.34. The zero-order chi connectivity index (χ0) is 16.9. The molecule has 0 saturated carbocycles. The highest BCUT2D eigenvalue weighted by Gasteiger charge is 2.18. The normalized spacial score (nSPS) is 12.8. The maximum absolute atomic E-state index is 11.7. The van der Waals surface area contributed by atoms with Gasteiger partial charge in [0.1, 0.15) is 6.35 Å². The molecule has 23 heavy (non-hydrogen) atoms. The summed E-state index contributed by atoms with van der Waals surface area (Å²) in [6.07, 6.45) is -0.314. The monoisotopic (exact) mass is 344 g/mol. The summed E-state index contributed by atoms with van der Waals surface area (Å²) in [6.45, 7) is -0.156. The Hall–Kier alpha value is -2.43. The van der Waals surface area contributed by atoms with Gasteiger partial charge in [-0.1, -0.05) is 5.11 Å². The van der Waals surface area contributed by atoms with E-state index in [0.717, 1.165) is 0 Å². The summed E-state index contributed by atoms with van der Waals surface area (Å²) >= 11 is 0. The molecular weight excluding hydrogens is 331 g/mol. The van der Waals surface area contributed by atoms with Crippen molar-refractivity contribution in [2.45, 2.75) is 6.10 Å². The van der Waals surface area contributed by atoms with Gasteiger partial charge in [0.2, 0.25) is 5.95 Å². The number of H-pyrrole nitrogens is 2. The highest BCUT2D eigenvalue weighted by molar-refractivity contribution is 7.51. The largest absolute Gasteiger partial charge is 0.364 e. The molecule has 0 fully saturated rings. The topological polar surface area (TPSA) is 202 Å². The van der Waals surface area contributed by atoms with E-state index in [9.17, 15) is 9.36 Å². The van der Waals surface area contributed by atoms with Crippen LogP contribution in [0.3, 0.4) is 0 Å². The van der Waals surface area contributed by atoms with E-state index in [1.807, 2.05) is 0 Å². The Morgan fingerprint density at radius 2 is 2.35 bits per heavy atom. The molecule has 0 aromatic carbocycles. The molecule has 13 nitrogen and oxygen atoms in total. The number of hydrogen-bond donors (Lipinski definition) is 5. The van der Waals surface area contributed by atoms with Crippen molar-refractivity contribution in [2.24, 2.45) is 5.11 Å². The fraction of sp³-hybridized carbons (Fsp3) is 0.444. The number of azide groups is 1. The lowest BCUT2D eigenvalue weighted by molar-refractivity contribution is 0.0900.